The molecule has 1 heterocycles. The van der Waals surface area contributed by atoms with Crippen molar-refractivity contribution in [2.45, 2.75) is 74.9 Å². The van der Waals surface area contributed by atoms with E-state index in [0.717, 1.165) is 4.90 Å². The van der Waals surface area contributed by atoms with E-state index in [0.29, 0.717) is 6.42 Å². The molecule has 0 aromatic rings. The lowest BCUT2D eigenvalue weighted by Gasteiger charge is -2.29. The fraction of sp³-hybridized carbons (Fsp3) is 0.655. The highest BCUT2D eigenvalue weighted by Gasteiger charge is 2.38. The summed E-state index contributed by atoms with van der Waals surface area (Å²) in [6, 6.07) is -9.27. The van der Waals surface area contributed by atoms with Gasteiger partial charge >= 0.3 is 11.9 Å². The summed E-state index contributed by atoms with van der Waals surface area (Å²) >= 11 is 8.05. The normalized spacial score (nSPS) is 16.9. The number of amides is 8. The van der Waals surface area contributed by atoms with Crippen molar-refractivity contribution in [1.82, 2.24) is 42.1 Å². The highest BCUT2D eigenvalue weighted by molar-refractivity contribution is 7.80. The van der Waals surface area contributed by atoms with Gasteiger partial charge in [0.05, 0.1) is 32.3 Å². The molecule has 25 heteroatoms. The summed E-state index contributed by atoms with van der Waals surface area (Å²) in [4.78, 5) is 124. The lowest BCUT2D eigenvalue weighted by molar-refractivity contribution is -0.145. The molecule has 23 nitrogen and oxygen atoms in total. The Morgan fingerprint density at radius 3 is 1.69 bits per heavy atom. The zero-order chi connectivity index (χ0) is 41.1. The van der Waals surface area contributed by atoms with Crippen LogP contribution in [0.3, 0.4) is 0 Å². The van der Waals surface area contributed by atoms with E-state index in [4.69, 9.17) is 10.8 Å². The molecule has 0 bridgehead atoms. The summed E-state index contributed by atoms with van der Waals surface area (Å²) in [6.07, 6.45) is -0.380. The van der Waals surface area contributed by atoms with Gasteiger partial charge in [-0.3, -0.25) is 43.2 Å². The molecule has 1 fully saturated rings. The Kier molecular flexibility index (Phi) is 20.9. The number of carboxylic acid groups (broad SMARTS) is 2. The first kappa shape index (κ1) is 47.3. The molecule has 8 amide bonds. The number of aliphatic hydroxyl groups is 2. The second-order valence-corrected chi connectivity index (χ2v) is 12.6. The number of hydrogen-bond donors (Lipinski definition) is 14. The van der Waals surface area contributed by atoms with Crippen LogP contribution in [0.4, 0.5) is 0 Å². The Morgan fingerprint density at radius 2 is 1.20 bits per heavy atom. The molecule has 7 atom stereocenters. The number of hydrogen-bond acceptors (Lipinski definition) is 15. The number of nitrogens with one attached hydrogen (secondary N) is 7. The highest BCUT2D eigenvalue weighted by atomic mass is 32.1. The van der Waals surface area contributed by atoms with Crippen LogP contribution in [0.5, 0.6) is 0 Å². The van der Waals surface area contributed by atoms with Crippen LogP contribution in [0.1, 0.15) is 32.6 Å². The summed E-state index contributed by atoms with van der Waals surface area (Å²) < 4.78 is 0. The van der Waals surface area contributed by atoms with Gasteiger partial charge in [-0.2, -0.15) is 25.3 Å². The molecule has 1 aliphatic heterocycles. The van der Waals surface area contributed by atoms with Gasteiger partial charge in [0.25, 0.3) is 0 Å². The number of carboxylic acids is 2. The molecule has 1 aliphatic rings. The summed E-state index contributed by atoms with van der Waals surface area (Å²) in [7, 11) is 0. The highest BCUT2D eigenvalue weighted by Crippen LogP contribution is 2.19. The van der Waals surface area contributed by atoms with Gasteiger partial charge in [-0.25, -0.2) is 4.79 Å². The molecular formula is C29H47N9O14S2. The number of nitrogens with two attached hydrogens (primary N) is 1. The SMILES string of the molecule is C[C@H](N)C(=O)N[C@@H](CO)C(=O)N[C@@H](CS)C(=O)NCC(=O)N[C@@H](CO)C(=O)NCC(=O)N[C@@H](CS)C(=O)N1CCC[C@H]1C(=O)N[C@@H](CCC(=O)O)C(=O)O. The van der Waals surface area contributed by atoms with Crippen molar-refractivity contribution in [3.8, 4) is 0 Å². The van der Waals surface area contributed by atoms with Crippen molar-refractivity contribution in [1.29, 1.82) is 0 Å². The number of likely N-dealkylation sites (tertiary alicyclic amines) is 1. The van der Waals surface area contributed by atoms with Crippen LogP contribution in [-0.2, 0) is 47.9 Å². The van der Waals surface area contributed by atoms with Gasteiger partial charge < -0.3 is 68.3 Å². The molecule has 54 heavy (non-hydrogen) atoms. The van der Waals surface area contributed by atoms with Crippen LogP contribution in [0.25, 0.3) is 0 Å². The molecule has 0 spiro atoms. The number of aliphatic carboxylic acids is 2. The maximum atomic E-state index is 13.2. The molecule has 0 saturated carbocycles. The van der Waals surface area contributed by atoms with Gasteiger partial charge in [0.2, 0.25) is 47.3 Å². The van der Waals surface area contributed by atoms with Gasteiger partial charge in [-0.05, 0) is 26.2 Å². The van der Waals surface area contributed by atoms with Crippen LogP contribution < -0.4 is 43.0 Å². The zero-order valence-electron chi connectivity index (χ0n) is 29.1. The average Bonchev–Trinajstić information content (AvgIpc) is 3.63. The molecule has 0 aromatic heterocycles. The minimum Gasteiger partial charge on any atom is -0.481 e. The van der Waals surface area contributed by atoms with E-state index in [1.807, 2.05) is 0 Å². The van der Waals surface area contributed by atoms with Crippen molar-refractivity contribution >= 4 is 84.5 Å². The predicted octanol–water partition coefficient (Wildman–Crippen LogP) is -7.23. The molecule has 0 radical (unpaired) electrons. The zero-order valence-corrected chi connectivity index (χ0v) is 30.9. The quantitative estimate of drug-likeness (QED) is 0.0427. The van der Waals surface area contributed by atoms with Crippen LogP contribution in [0, 0.1) is 0 Å². The van der Waals surface area contributed by atoms with E-state index in [2.05, 4.69) is 62.5 Å². The first-order chi connectivity index (χ1) is 25.4. The van der Waals surface area contributed by atoms with Gasteiger partial charge in [0, 0.05) is 24.5 Å². The van der Waals surface area contributed by atoms with E-state index >= 15 is 0 Å². The maximum absolute atomic E-state index is 13.2. The topological polar surface area (TPSA) is 365 Å². The third kappa shape index (κ3) is 15.7. The number of nitrogens with zero attached hydrogens (tertiary/aromatic N) is 1. The van der Waals surface area contributed by atoms with Crippen molar-refractivity contribution in [2.75, 3.05) is 44.4 Å². The Balaban J connectivity index is 2.68. The minimum absolute atomic E-state index is 0.0847. The van der Waals surface area contributed by atoms with E-state index in [1.165, 1.54) is 6.92 Å². The van der Waals surface area contributed by atoms with Gasteiger partial charge in [-0.15, -0.1) is 0 Å². The Hall–Kier alpha value is -4.72. The second kappa shape index (κ2) is 23.8. The van der Waals surface area contributed by atoms with Crippen LogP contribution >= 0.6 is 25.3 Å². The van der Waals surface area contributed by atoms with E-state index in [9.17, 15) is 63.3 Å². The summed E-state index contributed by atoms with van der Waals surface area (Å²) in [6.45, 7) is -1.80. The molecule has 0 aromatic carbocycles. The van der Waals surface area contributed by atoms with Crippen LogP contribution in [0.2, 0.25) is 0 Å². The molecule has 0 aliphatic carbocycles. The number of carbonyl (C=O) groups excluding carboxylic acids is 8. The van der Waals surface area contributed by atoms with Gasteiger partial charge in [-0.1, -0.05) is 0 Å². The fourth-order valence-electron chi connectivity index (χ4n) is 4.71. The first-order valence-corrected chi connectivity index (χ1v) is 17.7. The van der Waals surface area contributed by atoms with Gasteiger partial charge in [0.1, 0.15) is 36.3 Å². The van der Waals surface area contributed by atoms with E-state index in [1.54, 1.807) is 0 Å². The lowest BCUT2D eigenvalue weighted by Crippen LogP contribution is -2.58. The molecule has 304 valence electrons. The van der Waals surface area contributed by atoms with Crippen LogP contribution in [-0.4, -0.2) is 171 Å². The number of carbonyl (C=O) groups is 10. The smallest absolute Gasteiger partial charge is 0.326 e. The standard InChI is InChI=1S/C29H47N9O14S2/c1-13(30)23(45)36-16(10-40)26(48)37-17(11-53)25(47)32-7-20(41)33-15(9-39)24(46)31-8-21(42)34-18(12-54)28(50)38-6-2-3-19(38)27(49)35-14(29(51)52)4-5-22(43)44/h13-19,39-40,53-54H,2-12,30H2,1H3,(H,31,46)(H,32,47)(H,33,41)(H,34,42)(H,35,49)(H,36,45)(H,37,48)(H,43,44)(H,51,52)/t13-,14-,15-,16-,17-,18-,19-/m0/s1. The Bertz CT molecular complexity index is 1410. The summed E-state index contributed by atoms with van der Waals surface area (Å²) in [5, 5.41) is 52.8. The third-order valence-corrected chi connectivity index (χ3v) is 8.37. The third-order valence-electron chi connectivity index (χ3n) is 7.64. The van der Waals surface area contributed by atoms with E-state index < -0.39 is 134 Å². The van der Waals surface area contributed by atoms with Crippen molar-refractivity contribution in [3.63, 3.8) is 0 Å². The number of thiol groups is 2. The molecule has 0 unspecified atom stereocenters. The average molecular weight is 810 g/mol. The summed E-state index contributed by atoms with van der Waals surface area (Å²) in [5.41, 5.74) is 5.42. The molecule has 1 rings (SSSR count). The van der Waals surface area contributed by atoms with Gasteiger partial charge in [0.15, 0.2) is 0 Å². The predicted molar refractivity (Wildman–Crippen MR) is 190 cm³/mol. The first-order valence-electron chi connectivity index (χ1n) is 16.4. The van der Waals surface area contributed by atoms with Crippen molar-refractivity contribution < 1.29 is 68.4 Å². The number of rotatable bonds is 23. The molecule has 13 N–H and O–H groups in total. The Labute approximate surface area is 319 Å². The Morgan fingerprint density at radius 1 is 0.704 bits per heavy atom. The largest absolute Gasteiger partial charge is 0.481 e. The lowest BCUT2D eigenvalue weighted by atomic mass is 10.1. The van der Waals surface area contributed by atoms with E-state index in [-0.39, 0.29) is 30.9 Å². The van der Waals surface area contributed by atoms with Crippen molar-refractivity contribution in [3.05, 3.63) is 0 Å². The van der Waals surface area contributed by atoms with Crippen molar-refractivity contribution in [2.24, 2.45) is 5.73 Å². The van der Waals surface area contributed by atoms with Crippen LogP contribution in [0.15, 0.2) is 0 Å². The fourth-order valence-corrected chi connectivity index (χ4v) is 5.22. The summed E-state index contributed by atoms with van der Waals surface area (Å²) in [5.74, 6) is -10.3. The maximum Gasteiger partial charge on any atom is 0.326 e. The monoisotopic (exact) mass is 809 g/mol. The second-order valence-electron chi connectivity index (χ2n) is 11.8. The number of aliphatic hydroxyl groups excluding tert-OH is 2. The molecule has 1 saturated heterocycles. The molecular weight excluding hydrogens is 763 g/mol. The minimum atomic E-state index is -1.60.